The molecule has 1 N–H and O–H groups in total. The van der Waals surface area contributed by atoms with Crippen LogP contribution in [0, 0.1) is 5.82 Å². The van der Waals surface area contributed by atoms with Crippen LogP contribution in [0.1, 0.15) is 27.5 Å². The Kier molecular flexibility index (Phi) is 6.23. The number of hydrogen-bond acceptors (Lipinski definition) is 4. The minimum absolute atomic E-state index is 0.0148. The summed E-state index contributed by atoms with van der Waals surface area (Å²) in [5, 5.41) is 3.33. The highest BCUT2D eigenvalue weighted by Gasteiger charge is 2.29. The van der Waals surface area contributed by atoms with Crippen LogP contribution >= 0.6 is 0 Å². The molecule has 0 bridgehead atoms. The lowest BCUT2D eigenvalue weighted by Crippen LogP contribution is -2.48. The first-order chi connectivity index (χ1) is 14.1. The predicted octanol–water partition coefficient (Wildman–Crippen LogP) is 2.36. The molecule has 2 heterocycles. The molecule has 5 nitrogen and oxygen atoms in total. The first-order valence-corrected chi connectivity index (χ1v) is 10.4. The van der Waals surface area contributed by atoms with Crippen LogP contribution in [0.4, 0.5) is 4.39 Å². The van der Waals surface area contributed by atoms with Gasteiger partial charge in [0.2, 0.25) is 0 Å². The van der Waals surface area contributed by atoms with Gasteiger partial charge in [0.25, 0.3) is 5.91 Å². The summed E-state index contributed by atoms with van der Waals surface area (Å²) in [6.07, 6.45) is 0. The maximum atomic E-state index is 13.7. The van der Waals surface area contributed by atoms with Crippen molar-refractivity contribution >= 4 is 5.91 Å². The Morgan fingerprint density at radius 2 is 1.86 bits per heavy atom. The van der Waals surface area contributed by atoms with Crippen molar-refractivity contribution in [2.24, 2.45) is 0 Å². The maximum absolute atomic E-state index is 13.7. The molecule has 2 aromatic rings. The average molecular weight is 397 g/mol. The Morgan fingerprint density at radius 3 is 2.66 bits per heavy atom. The summed E-state index contributed by atoms with van der Waals surface area (Å²) in [5.41, 5.74) is 2.71. The van der Waals surface area contributed by atoms with Crippen LogP contribution in [0.15, 0.2) is 48.5 Å². The number of hydrogen-bond donors (Lipinski definition) is 1. The summed E-state index contributed by atoms with van der Waals surface area (Å²) in [4.78, 5) is 20.0. The van der Waals surface area contributed by atoms with Crippen molar-refractivity contribution in [2.45, 2.75) is 12.6 Å². The van der Waals surface area contributed by atoms with E-state index in [1.54, 1.807) is 6.07 Å². The summed E-state index contributed by atoms with van der Waals surface area (Å²) < 4.78 is 13.7. The molecule has 6 heteroatoms. The molecule has 4 rings (SSSR count). The second-order valence-corrected chi connectivity index (χ2v) is 8.05. The second-order valence-electron chi connectivity index (χ2n) is 8.05. The molecule has 0 radical (unpaired) electrons. The molecule has 1 atom stereocenters. The van der Waals surface area contributed by atoms with Crippen LogP contribution in [0.3, 0.4) is 0 Å². The van der Waals surface area contributed by atoms with Gasteiger partial charge in [0.05, 0.1) is 6.04 Å². The third-order valence-electron chi connectivity index (χ3n) is 5.91. The lowest BCUT2D eigenvalue weighted by atomic mass is 10.0. The first-order valence-electron chi connectivity index (χ1n) is 10.4. The van der Waals surface area contributed by atoms with Crippen molar-refractivity contribution in [1.29, 1.82) is 0 Å². The van der Waals surface area contributed by atoms with E-state index in [0.717, 1.165) is 50.4 Å². The van der Waals surface area contributed by atoms with Gasteiger partial charge in [0.15, 0.2) is 0 Å². The van der Waals surface area contributed by atoms with E-state index in [1.165, 1.54) is 12.1 Å². The lowest BCUT2D eigenvalue weighted by Gasteiger charge is -2.37. The number of benzene rings is 2. The zero-order valence-corrected chi connectivity index (χ0v) is 17.0. The minimum Gasteiger partial charge on any atom is -0.329 e. The summed E-state index contributed by atoms with van der Waals surface area (Å²) in [6.45, 7) is 7.12. The van der Waals surface area contributed by atoms with E-state index in [-0.39, 0.29) is 17.8 Å². The normalized spacial score (nSPS) is 21.3. The number of nitrogens with one attached hydrogen (secondary N) is 1. The fraction of sp³-hybridized carbons (Fsp3) is 0.435. The van der Waals surface area contributed by atoms with E-state index < -0.39 is 0 Å². The molecule has 2 saturated heterocycles. The highest BCUT2D eigenvalue weighted by molar-refractivity contribution is 5.94. The number of piperazine rings is 2. The molecule has 0 saturated carbocycles. The van der Waals surface area contributed by atoms with Crippen LogP contribution < -0.4 is 5.32 Å². The van der Waals surface area contributed by atoms with E-state index in [9.17, 15) is 9.18 Å². The zero-order chi connectivity index (χ0) is 20.2. The van der Waals surface area contributed by atoms with E-state index in [4.69, 9.17) is 0 Å². The van der Waals surface area contributed by atoms with Gasteiger partial charge < -0.3 is 15.1 Å². The lowest BCUT2D eigenvalue weighted by molar-refractivity contribution is 0.0633. The van der Waals surface area contributed by atoms with Crippen molar-refractivity contribution in [3.8, 4) is 0 Å². The standard InChI is InChI=1S/C23H29FN4O/c1-26-10-12-27(13-11-26)17-18-4-2-6-20(14-18)23(29)28-9-8-25-16-22(28)19-5-3-7-21(24)15-19/h2-7,14-15,22,25H,8-13,16-17H2,1H3. The van der Waals surface area contributed by atoms with E-state index in [2.05, 4.69) is 28.2 Å². The Bertz CT molecular complexity index is 850. The molecule has 29 heavy (non-hydrogen) atoms. The minimum atomic E-state index is -0.269. The molecule has 0 aliphatic carbocycles. The number of nitrogens with zero attached hydrogens (tertiary/aromatic N) is 3. The summed E-state index contributed by atoms with van der Waals surface area (Å²) in [7, 11) is 2.15. The molecule has 1 unspecified atom stereocenters. The summed E-state index contributed by atoms with van der Waals surface area (Å²) in [5.74, 6) is -0.254. The Labute approximate surface area is 172 Å². The number of likely N-dealkylation sites (N-methyl/N-ethyl adjacent to an activating group) is 1. The smallest absolute Gasteiger partial charge is 0.254 e. The van der Waals surface area contributed by atoms with Crippen LogP contribution in [-0.2, 0) is 6.54 Å². The van der Waals surface area contributed by atoms with Crippen LogP contribution in [0.2, 0.25) is 0 Å². The molecule has 2 fully saturated rings. The molecule has 2 aliphatic heterocycles. The third kappa shape index (κ3) is 4.83. The Morgan fingerprint density at radius 1 is 1.07 bits per heavy atom. The van der Waals surface area contributed by atoms with Gasteiger partial charge in [-0.25, -0.2) is 4.39 Å². The molecule has 154 valence electrons. The number of amides is 1. The zero-order valence-electron chi connectivity index (χ0n) is 17.0. The van der Waals surface area contributed by atoms with Gasteiger partial charge >= 0.3 is 0 Å². The fourth-order valence-electron chi connectivity index (χ4n) is 4.19. The maximum Gasteiger partial charge on any atom is 0.254 e. The van der Waals surface area contributed by atoms with Gasteiger partial charge in [-0.15, -0.1) is 0 Å². The van der Waals surface area contributed by atoms with E-state index >= 15 is 0 Å². The highest BCUT2D eigenvalue weighted by Crippen LogP contribution is 2.25. The fourth-order valence-corrected chi connectivity index (χ4v) is 4.19. The van der Waals surface area contributed by atoms with Gasteiger partial charge in [-0.2, -0.15) is 0 Å². The SMILES string of the molecule is CN1CCN(Cc2cccc(C(=O)N3CCNCC3c3cccc(F)c3)c2)CC1. The van der Waals surface area contributed by atoms with Crippen LogP contribution in [-0.4, -0.2) is 73.5 Å². The molecule has 0 aromatic heterocycles. The predicted molar refractivity (Wildman–Crippen MR) is 112 cm³/mol. The van der Waals surface area contributed by atoms with Gasteiger partial charge in [0.1, 0.15) is 5.82 Å². The number of carbonyl (C=O) groups is 1. The third-order valence-corrected chi connectivity index (χ3v) is 5.91. The molecular weight excluding hydrogens is 367 g/mol. The first kappa shape index (κ1) is 20.0. The molecular formula is C23H29FN4O. The van der Waals surface area contributed by atoms with Gasteiger partial charge in [-0.1, -0.05) is 24.3 Å². The monoisotopic (exact) mass is 396 g/mol. The number of halogens is 1. The van der Waals surface area contributed by atoms with Crippen molar-refractivity contribution in [3.05, 3.63) is 71.0 Å². The highest BCUT2D eigenvalue weighted by atomic mass is 19.1. The molecule has 2 aromatic carbocycles. The molecule has 2 aliphatic rings. The van der Waals surface area contributed by atoms with Crippen LogP contribution in [0.5, 0.6) is 0 Å². The van der Waals surface area contributed by atoms with Gasteiger partial charge in [-0.3, -0.25) is 9.69 Å². The van der Waals surface area contributed by atoms with E-state index in [1.807, 2.05) is 29.2 Å². The summed E-state index contributed by atoms with van der Waals surface area (Å²) >= 11 is 0. The Hall–Kier alpha value is -2.28. The average Bonchev–Trinajstić information content (AvgIpc) is 2.75. The van der Waals surface area contributed by atoms with Crippen LogP contribution in [0.25, 0.3) is 0 Å². The molecule has 1 amide bonds. The number of rotatable bonds is 4. The van der Waals surface area contributed by atoms with Crippen molar-refractivity contribution < 1.29 is 9.18 Å². The van der Waals surface area contributed by atoms with Gasteiger partial charge in [0, 0.05) is 57.9 Å². The summed E-state index contributed by atoms with van der Waals surface area (Å²) in [6, 6.07) is 14.4. The molecule has 0 spiro atoms. The topological polar surface area (TPSA) is 38.8 Å². The second kappa shape index (κ2) is 9.03. The quantitative estimate of drug-likeness (QED) is 0.861. The Balaban J connectivity index is 1.50. The van der Waals surface area contributed by atoms with Gasteiger partial charge in [-0.05, 0) is 42.4 Å². The van der Waals surface area contributed by atoms with E-state index in [0.29, 0.717) is 18.7 Å². The van der Waals surface area contributed by atoms with Crippen molar-refractivity contribution in [1.82, 2.24) is 20.0 Å². The van der Waals surface area contributed by atoms with Crippen molar-refractivity contribution in [2.75, 3.05) is 52.9 Å². The largest absolute Gasteiger partial charge is 0.329 e. The van der Waals surface area contributed by atoms with Crippen molar-refractivity contribution in [3.63, 3.8) is 0 Å². The number of carbonyl (C=O) groups excluding carboxylic acids is 1.